The van der Waals surface area contributed by atoms with Gasteiger partial charge in [0.25, 0.3) is 11.1 Å². The largest absolute Gasteiger partial charge is 0.384 e. The van der Waals surface area contributed by atoms with E-state index in [0.29, 0.717) is 31.0 Å². The van der Waals surface area contributed by atoms with Gasteiger partial charge >= 0.3 is 5.69 Å². The van der Waals surface area contributed by atoms with E-state index in [9.17, 15) is 23.2 Å². The first kappa shape index (κ1) is 30.2. The number of nitrogens with zero attached hydrogens (tertiary/aromatic N) is 4. The van der Waals surface area contributed by atoms with E-state index in [1.165, 1.54) is 64.7 Å². The molecule has 3 heterocycles. The molecule has 3 aromatic carbocycles. The number of hydrogen-bond donors (Lipinski definition) is 1. The molecule has 45 heavy (non-hydrogen) atoms. The van der Waals surface area contributed by atoms with Gasteiger partial charge in [-0.15, -0.1) is 0 Å². The van der Waals surface area contributed by atoms with E-state index in [1.807, 2.05) is 30.3 Å². The Balaban J connectivity index is 1.61. The summed E-state index contributed by atoms with van der Waals surface area (Å²) in [6, 6.07) is 19.7. The van der Waals surface area contributed by atoms with Crippen LogP contribution >= 0.6 is 0 Å². The van der Waals surface area contributed by atoms with Gasteiger partial charge in [0, 0.05) is 38.7 Å². The normalized spacial score (nSPS) is 13.8. The van der Waals surface area contributed by atoms with Gasteiger partial charge in [-0.1, -0.05) is 30.3 Å². The topological polar surface area (TPSA) is 90.5 Å². The Bertz CT molecular complexity index is 2000. The summed E-state index contributed by atoms with van der Waals surface area (Å²) in [4.78, 5) is 45.0. The van der Waals surface area contributed by atoms with Crippen LogP contribution in [-0.2, 0) is 18.2 Å². The van der Waals surface area contributed by atoms with Crippen molar-refractivity contribution < 1.29 is 13.5 Å². The van der Waals surface area contributed by atoms with Crippen molar-refractivity contribution in [2.75, 3.05) is 44.7 Å². The van der Waals surface area contributed by atoms with Crippen LogP contribution in [0.15, 0.2) is 93.2 Å². The average Bonchev–Trinajstić information content (AvgIpc) is 3.05. The lowest BCUT2D eigenvalue weighted by Gasteiger charge is -2.26. The summed E-state index contributed by atoms with van der Waals surface area (Å²) in [6.45, 7) is 4.27. The molecule has 0 aliphatic carbocycles. The molecule has 2 aromatic heterocycles. The van der Waals surface area contributed by atoms with Crippen molar-refractivity contribution in [1.82, 2.24) is 18.6 Å². The van der Waals surface area contributed by atoms with E-state index in [-0.39, 0.29) is 34.4 Å². The molecule has 1 aliphatic heterocycles. The van der Waals surface area contributed by atoms with E-state index >= 15 is 0 Å². The number of rotatable bonds is 9. The predicted octanol–water partition coefficient (Wildman–Crippen LogP) is 3.84. The van der Waals surface area contributed by atoms with Crippen LogP contribution in [0.1, 0.15) is 17.5 Å². The Morgan fingerprint density at radius 3 is 2.00 bits per heavy atom. The average molecular weight is 614 g/mol. The first-order chi connectivity index (χ1) is 21.8. The van der Waals surface area contributed by atoms with Crippen molar-refractivity contribution in [3.8, 4) is 11.4 Å². The molecule has 6 rings (SSSR count). The van der Waals surface area contributed by atoms with Crippen molar-refractivity contribution in [3.05, 3.63) is 133 Å². The van der Waals surface area contributed by atoms with E-state index in [2.05, 4.69) is 10.2 Å². The first-order valence-corrected chi connectivity index (χ1v) is 14.9. The lowest BCUT2D eigenvalue weighted by atomic mass is 10.0. The van der Waals surface area contributed by atoms with E-state index in [0.717, 1.165) is 36.2 Å². The third-order valence-corrected chi connectivity index (χ3v) is 8.12. The molecule has 0 spiro atoms. The Kier molecular flexibility index (Phi) is 8.72. The van der Waals surface area contributed by atoms with Crippen molar-refractivity contribution in [1.29, 1.82) is 0 Å². The zero-order valence-corrected chi connectivity index (χ0v) is 24.8. The summed E-state index contributed by atoms with van der Waals surface area (Å²) < 4.78 is 36.8. The van der Waals surface area contributed by atoms with Crippen LogP contribution in [0.3, 0.4) is 0 Å². The van der Waals surface area contributed by atoms with Crippen LogP contribution in [0.4, 0.5) is 14.5 Å². The molecule has 9 nitrogen and oxygen atoms in total. The van der Waals surface area contributed by atoms with Crippen LogP contribution in [0, 0.1) is 11.6 Å². The summed E-state index contributed by atoms with van der Waals surface area (Å²) in [6.07, 6.45) is 0.964. The van der Waals surface area contributed by atoms with Crippen molar-refractivity contribution in [2.45, 2.75) is 12.8 Å². The molecule has 1 aliphatic rings. The zero-order valence-electron chi connectivity index (χ0n) is 24.8. The molecule has 1 saturated heterocycles. The molecule has 0 amide bonds. The van der Waals surface area contributed by atoms with Gasteiger partial charge in [-0.2, -0.15) is 0 Å². The van der Waals surface area contributed by atoms with Gasteiger partial charge in [0.05, 0.1) is 30.3 Å². The minimum Gasteiger partial charge on any atom is -0.384 e. The molecular formula is C34H33F2N5O4. The summed E-state index contributed by atoms with van der Waals surface area (Å²) in [7, 11) is 1.52. The van der Waals surface area contributed by atoms with Crippen LogP contribution in [-0.4, -0.2) is 58.0 Å². The molecule has 0 saturated carbocycles. The minimum absolute atomic E-state index is 0.0625. The summed E-state index contributed by atoms with van der Waals surface area (Å²) in [5, 5.41) is 3.51. The van der Waals surface area contributed by atoms with Gasteiger partial charge in [0.1, 0.15) is 22.7 Å². The Labute approximate surface area is 257 Å². The van der Waals surface area contributed by atoms with Crippen LogP contribution in [0.25, 0.3) is 22.4 Å². The third kappa shape index (κ3) is 6.09. The second-order valence-electron chi connectivity index (χ2n) is 11.0. The number of halogens is 2. The zero-order chi connectivity index (χ0) is 31.5. The smallest absolute Gasteiger partial charge is 0.341 e. The lowest BCUT2D eigenvalue weighted by Crippen LogP contribution is -2.41. The number of fused-ring (bicyclic) bond motifs is 1. The highest BCUT2D eigenvalue weighted by Crippen LogP contribution is 2.26. The van der Waals surface area contributed by atoms with Crippen LogP contribution in [0.5, 0.6) is 0 Å². The van der Waals surface area contributed by atoms with Crippen molar-refractivity contribution in [2.24, 2.45) is 7.05 Å². The first-order valence-electron chi connectivity index (χ1n) is 14.9. The molecule has 0 atom stereocenters. The maximum absolute atomic E-state index is 14.5. The number of benzene rings is 3. The van der Waals surface area contributed by atoms with Crippen LogP contribution in [0.2, 0.25) is 0 Å². The van der Waals surface area contributed by atoms with Gasteiger partial charge in [0.2, 0.25) is 0 Å². The van der Waals surface area contributed by atoms with Gasteiger partial charge in [-0.25, -0.2) is 22.7 Å². The highest BCUT2D eigenvalue weighted by molar-refractivity contribution is 5.92. The molecule has 0 bridgehead atoms. The molecule has 5 aromatic rings. The molecule has 11 heteroatoms. The van der Waals surface area contributed by atoms with E-state index < -0.39 is 22.9 Å². The molecule has 0 unspecified atom stereocenters. The lowest BCUT2D eigenvalue weighted by molar-refractivity contribution is 0.0378. The minimum atomic E-state index is -0.783. The second kappa shape index (κ2) is 13.0. The van der Waals surface area contributed by atoms with E-state index in [4.69, 9.17) is 4.74 Å². The van der Waals surface area contributed by atoms with Crippen molar-refractivity contribution >= 4 is 16.7 Å². The Morgan fingerprint density at radius 2 is 1.38 bits per heavy atom. The number of hydrogen-bond acceptors (Lipinski definition) is 6. The van der Waals surface area contributed by atoms with Gasteiger partial charge in [-0.05, 0) is 67.1 Å². The molecule has 0 radical (unpaired) electrons. The fraction of sp³-hybridized carbons (Fsp3) is 0.265. The summed E-state index contributed by atoms with van der Waals surface area (Å²) >= 11 is 0. The molecule has 1 fully saturated rings. The Morgan fingerprint density at radius 1 is 0.778 bits per heavy atom. The number of morpholine rings is 1. The second-order valence-corrected chi connectivity index (χ2v) is 11.0. The molecule has 232 valence electrons. The van der Waals surface area contributed by atoms with Crippen LogP contribution < -0.4 is 22.1 Å². The summed E-state index contributed by atoms with van der Waals surface area (Å²) in [5.74, 6) is -1.04. The quantitative estimate of drug-likeness (QED) is 0.254. The number of ether oxygens (including phenoxy) is 1. The van der Waals surface area contributed by atoms with Gasteiger partial charge in [-0.3, -0.25) is 19.1 Å². The molecular weight excluding hydrogens is 580 g/mol. The standard InChI is InChI=1S/C34H33F2N5O4/c1-38-31-29(33(43)41(27-14-10-25(36)11-15-27)34(44)40(31)26-12-8-24(35)9-13-26)30(37-16-5-17-39-18-20-45-21-19-39)28(32(38)42)22-23-6-3-2-4-7-23/h2-4,6-15,37H,5,16-22H2,1H3. The summed E-state index contributed by atoms with van der Waals surface area (Å²) in [5.41, 5.74) is 0.215. The maximum Gasteiger partial charge on any atom is 0.341 e. The number of nitrogens with one attached hydrogen (secondary N) is 1. The number of aryl methyl sites for hydroxylation is 1. The fourth-order valence-corrected chi connectivity index (χ4v) is 5.83. The van der Waals surface area contributed by atoms with Crippen molar-refractivity contribution in [3.63, 3.8) is 0 Å². The number of aromatic nitrogens is 3. The van der Waals surface area contributed by atoms with Gasteiger partial charge < -0.3 is 10.1 Å². The SMILES string of the molecule is Cn1c(=O)c(Cc2ccccc2)c(NCCCN2CCOCC2)c2c(=O)n(-c3ccc(F)cc3)c(=O)n(-c3ccc(F)cc3)c21. The number of anilines is 1. The third-order valence-electron chi connectivity index (χ3n) is 8.12. The monoisotopic (exact) mass is 613 g/mol. The van der Waals surface area contributed by atoms with E-state index in [1.54, 1.807) is 0 Å². The van der Waals surface area contributed by atoms with Gasteiger partial charge in [0.15, 0.2) is 0 Å². The highest BCUT2D eigenvalue weighted by atomic mass is 19.1. The number of pyridine rings is 1. The fourth-order valence-electron chi connectivity index (χ4n) is 5.83. The predicted molar refractivity (Wildman–Crippen MR) is 170 cm³/mol. The molecule has 1 N–H and O–H groups in total. The highest BCUT2D eigenvalue weighted by Gasteiger charge is 2.25. The maximum atomic E-state index is 14.5. The Hall–Kier alpha value is -4.87.